The van der Waals surface area contributed by atoms with E-state index >= 15 is 0 Å². The molecule has 19 heavy (non-hydrogen) atoms. The number of benzene rings is 1. The third-order valence-corrected chi connectivity index (χ3v) is 3.96. The number of ether oxygens (including phenoxy) is 1. The van der Waals surface area contributed by atoms with Crippen LogP contribution in [0.25, 0.3) is 0 Å². The summed E-state index contributed by atoms with van der Waals surface area (Å²) in [4.78, 5) is 11.7. The highest BCUT2D eigenvalue weighted by Gasteiger charge is 2.46. The highest BCUT2D eigenvalue weighted by atomic mass is 19.1. The molecular formula is C14H17FO4. The summed E-state index contributed by atoms with van der Waals surface area (Å²) < 4.78 is 18.5. The van der Waals surface area contributed by atoms with Crippen LogP contribution in [0.1, 0.15) is 36.8 Å². The zero-order valence-corrected chi connectivity index (χ0v) is 11.0. The van der Waals surface area contributed by atoms with Crippen molar-refractivity contribution in [1.29, 1.82) is 0 Å². The molecule has 0 heterocycles. The van der Waals surface area contributed by atoms with Crippen LogP contribution in [-0.2, 0) is 10.2 Å². The van der Waals surface area contributed by atoms with Crippen molar-refractivity contribution in [2.24, 2.45) is 0 Å². The van der Waals surface area contributed by atoms with Gasteiger partial charge < -0.3 is 14.9 Å². The fourth-order valence-electron chi connectivity index (χ4n) is 3.09. The minimum absolute atomic E-state index is 0.284. The largest absolute Gasteiger partial charge is 0.504 e. The molecule has 1 aliphatic rings. The van der Waals surface area contributed by atoms with Crippen molar-refractivity contribution in [2.75, 3.05) is 7.11 Å². The summed E-state index contributed by atoms with van der Waals surface area (Å²) >= 11 is 0. The molecule has 1 fully saturated rings. The molecule has 0 aromatic heterocycles. The lowest BCUT2D eigenvalue weighted by Gasteiger charge is -2.28. The van der Waals surface area contributed by atoms with Crippen LogP contribution in [-0.4, -0.2) is 23.3 Å². The van der Waals surface area contributed by atoms with Crippen molar-refractivity contribution in [3.8, 4) is 11.5 Å². The number of methoxy groups -OCH3 is 1. The van der Waals surface area contributed by atoms with Crippen molar-refractivity contribution < 1.29 is 24.1 Å². The van der Waals surface area contributed by atoms with E-state index in [0.29, 0.717) is 18.4 Å². The summed E-state index contributed by atoms with van der Waals surface area (Å²) in [6.45, 7) is 1.61. The zero-order valence-electron chi connectivity index (χ0n) is 11.0. The number of hydrogen-bond donors (Lipinski definition) is 2. The molecule has 0 saturated heterocycles. The molecule has 1 aliphatic carbocycles. The summed E-state index contributed by atoms with van der Waals surface area (Å²) in [5.41, 5.74) is -0.398. The van der Waals surface area contributed by atoms with Crippen LogP contribution in [0.5, 0.6) is 11.5 Å². The highest BCUT2D eigenvalue weighted by molar-refractivity contribution is 5.84. The molecule has 2 N–H and O–H groups in total. The summed E-state index contributed by atoms with van der Waals surface area (Å²) in [7, 11) is 1.25. The maximum absolute atomic E-state index is 13.7. The van der Waals surface area contributed by atoms with Crippen LogP contribution in [0.4, 0.5) is 4.39 Å². The van der Waals surface area contributed by atoms with E-state index < -0.39 is 17.2 Å². The predicted molar refractivity (Wildman–Crippen MR) is 67.1 cm³/mol. The van der Waals surface area contributed by atoms with Gasteiger partial charge in [-0.2, -0.15) is 0 Å². The third kappa shape index (κ3) is 1.93. The van der Waals surface area contributed by atoms with Crippen molar-refractivity contribution in [3.63, 3.8) is 0 Å². The van der Waals surface area contributed by atoms with Crippen LogP contribution in [0, 0.1) is 12.7 Å². The molecule has 104 valence electrons. The van der Waals surface area contributed by atoms with E-state index in [-0.39, 0.29) is 17.1 Å². The average molecular weight is 268 g/mol. The van der Waals surface area contributed by atoms with E-state index in [1.54, 1.807) is 6.92 Å². The monoisotopic (exact) mass is 268 g/mol. The Morgan fingerprint density at radius 3 is 2.47 bits per heavy atom. The van der Waals surface area contributed by atoms with Crippen molar-refractivity contribution in [3.05, 3.63) is 23.0 Å². The number of phenols is 1. The number of carboxylic acid groups (broad SMARTS) is 1. The molecular weight excluding hydrogens is 251 g/mol. The van der Waals surface area contributed by atoms with Gasteiger partial charge in [0.25, 0.3) is 0 Å². The number of aliphatic carboxylic acids is 1. The standard InChI is InChI=1S/C14H17FO4/c1-8-7-9(15)12(19-2)11(16)10(8)14(13(17)18)5-3-4-6-14/h7,16H,3-6H2,1-2H3,(H,17,18). The molecule has 0 unspecified atom stereocenters. The van der Waals surface area contributed by atoms with E-state index in [4.69, 9.17) is 4.74 Å². The topological polar surface area (TPSA) is 66.8 Å². The fourth-order valence-corrected chi connectivity index (χ4v) is 3.09. The number of halogens is 1. The normalized spacial score (nSPS) is 17.4. The van der Waals surface area contributed by atoms with Crippen LogP contribution < -0.4 is 4.74 Å². The second kappa shape index (κ2) is 4.72. The summed E-state index contributed by atoms with van der Waals surface area (Å²) in [6.07, 6.45) is 2.47. The lowest BCUT2D eigenvalue weighted by Crippen LogP contribution is -2.33. The number of carboxylic acids is 1. The minimum atomic E-state index is -1.13. The van der Waals surface area contributed by atoms with Gasteiger partial charge in [0.2, 0.25) is 0 Å². The third-order valence-electron chi connectivity index (χ3n) is 3.96. The van der Waals surface area contributed by atoms with Gasteiger partial charge in [-0.25, -0.2) is 4.39 Å². The molecule has 0 radical (unpaired) electrons. The Bertz CT molecular complexity index is 519. The second-order valence-electron chi connectivity index (χ2n) is 5.03. The number of hydrogen-bond acceptors (Lipinski definition) is 3. The summed E-state index contributed by atoms with van der Waals surface area (Å²) in [5, 5.41) is 19.7. The molecule has 0 atom stereocenters. The Hall–Kier alpha value is -1.78. The fraction of sp³-hybridized carbons (Fsp3) is 0.500. The maximum Gasteiger partial charge on any atom is 0.314 e. The summed E-state index contributed by atoms with van der Waals surface area (Å²) in [5.74, 6) is -2.32. The van der Waals surface area contributed by atoms with E-state index in [2.05, 4.69) is 0 Å². The Kier molecular flexibility index (Phi) is 3.39. The highest BCUT2D eigenvalue weighted by Crippen LogP contribution is 2.49. The number of aryl methyl sites for hydroxylation is 1. The summed E-state index contributed by atoms with van der Waals surface area (Å²) in [6, 6.07) is 1.22. The first-order valence-electron chi connectivity index (χ1n) is 6.24. The molecule has 1 saturated carbocycles. The van der Waals surface area contributed by atoms with E-state index in [1.807, 2.05) is 0 Å². The smallest absolute Gasteiger partial charge is 0.314 e. The molecule has 1 aromatic carbocycles. The first kappa shape index (κ1) is 13.6. The van der Waals surface area contributed by atoms with Gasteiger partial charge in [-0.05, 0) is 31.4 Å². The van der Waals surface area contributed by atoms with E-state index in [9.17, 15) is 19.4 Å². The van der Waals surface area contributed by atoms with Gasteiger partial charge in [0.1, 0.15) is 0 Å². The van der Waals surface area contributed by atoms with Gasteiger partial charge >= 0.3 is 5.97 Å². The van der Waals surface area contributed by atoms with Crippen LogP contribution in [0.2, 0.25) is 0 Å². The van der Waals surface area contributed by atoms with E-state index in [1.165, 1.54) is 13.2 Å². The second-order valence-corrected chi connectivity index (χ2v) is 5.03. The Morgan fingerprint density at radius 2 is 2.00 bits per heavy atom. The number of aromatic hydroxyl groups is 1. The van der Waals surface area contributed by atoms with Gasteiger partial charge in [-0.15, -0.1) is 0 Å². The molecule has 0 bridgehead atoms. The average Bonchev–Trinajstić information content (AvgIpc) is 2.79. The molecule has 0 amide bonds. The minimum Gasteiger partial charge on any atom is -0.504 e. The molecule has 4 nitrogen and oxygen atoms in total. The predicted octanol–water partition coefficient (Wildman–Crippen LogP) is 2.74. The quantitative estimate of drug-likeness (QED) is 0.884. The molecule has 2 rings (SSSR count). The van der Waals surface area contributed by atoms with Crippen molar-refractivity contribution in [1.82, 2.24) is 0 Å². The number of rotatable bonds is 3. The molecule has 1 aromatic rings. The van der Waals surface area contributed by atoms with Crippen LogP contribution in [0.3, 0.4) is 0 Å². The maximum atomic E-state index is 13.7. The zero-order chi connectivity index (χ0) is 14.2. The molecule has 5 heteroatoms. The lowest BCUT2D eigenvalue weighted by molar-refractivity contribution is -0.143. The molecule has 0 spiro atoms. The Morgan fingerprint density at radius 1 is 1.42 bits per heavy atom. The number of phenolic OH excluding ortho intramolecular Hbond substituents is 1. The van der Waals surface area contributed by atoms with Gasteiger partial charge in [0.15, 0.2) is 17.3 Å². The first-order chi connectivity index (χ1) is 8.94. The van der Waals surface area contributed by atoms with Gasteiger partial charge in [0.05, 0.1) is 12.5 Å². The van der Waals surface area contributed by atoms with Crippen molar-refractivity contribution >= 4 is 5.97 Å². The van der Waals surface area contributed by atoms with Gasteiger partial charge in [-0.1, -0.05) is 12.8 Å². The lowest BCUT2D eigenvalue weighted by atomic mass is 9.76. The molecule has 0 aliphatic heterocycles. The first-order valence-corrected chi connectivity index (χ1v) is 6.24. The Balaban J connectivity index is 2.70. The SMILES string of the molecule is COc1c(F)cc(C)c(C2(C(=O)O)CCCC2)c1O. The Labute approximate surface area is 110 Å². The van der Waals surface area contributed by atoms with Crippen LogP contribution >= 0.6 is 0 Å². The van der Waals surface area contributed by atoms with E-state index in [0.717, 1.165) is 12.8 Å². The van der Waals surface area contributed by atoms with Crippen molar-refractivity contribution in [2.45, 2.75) is 38.0 Å². The van der Waals surface area contributed by atoms with Gasteiger partial charge in [0, 0.05) is 5.56 Å². The van der Waals surface area contributed by atoms with Crippen LogP contribution in [0.15, 0.2) is 6.07 Å². The van der Waals surface area contributed by atoms with Gasteiger partial charge in [-0.3, -0.25) is 4.79 Å². The number of carbonyl (C=O) groups is 1.